The van der Waals surface area contributed by atoms with Gasteiger partial charge < -0.3 is 19.3 Å². The number of esters is 3. The summed E-state index contributed by atoms with van der Waals surface area (Å²) in [4.78, 5) is 32.0. The van der Waals surface area contributed by atoms with Gasteiger partial charge in [-0.15, -0.1) is 0 Å². The first kappa shape index (κ1) is 47.2. The van der Waals surface area contributed by atoms with Crippen LogP contribution < -0.4 is 0 Å². The van der Waals surface area contributed by atoms with Crippen LogP contribution in [0, 0.1) is 0 Å². The number of carbonyl (C=O) groups excluding carboxylic acids is 3. The van der Waals surface area contributed by atoms with Crippen molar-refractivity contribution in [2.24, 2.45) is 0 Å². The summed E-state index contributed by atoms with van der Waals surface area (Å²) in [5.41, 5.74) is 0. The van der Waals surface area contributed by atoms with Crippen LogP contribution >= 0.6 is 50.5 Å². The van der Waals surface area contributed by atoms with Crippen molar-refractivity contribution in [3.63, 3.8) is 0 Å². The highest BCUT2D eigenvalue weighted by atomic mass is 32.2. The molecule has 1 N–H and O–H groups in total. The molecule has 0 saturated carbocycles. The van der Waals surface area contributed by atoms with Crippen LogP contribution in [0.5, 0.6) is 0 Å². The summed E-state index contributed by atoms with van der Waals surface area (Å²) in [5, 5.41) is 8.17. The van der Waals surface area contributed by atoms with E-state index in [9.17, 15) is 14.4 Å². The Hall–Kier alpha value is -0.230. The van der Waals surface area contributed by atoms with Gasteiger partial charge in [0.05, 0.1) is 31.3 Å². The summed E-state index contributed by atoms with van der Waals surface area (Å²) in [6, 6.07) is 0. The minimum Gasteiger partial charge on any atom is -0.465 e. The zero-order chi connectivity index (χ0) is 32.8. The highest BCUT2D eigenvalue weighted by molar-refractivity contribution is 8.00. The lowest BCUT2D eigenvalue weighted by atomic mass is 10.1. The van der Waals surface area contributed by atoms with E-state index < -0.39 is 10.6 Å². The number of rotatable bonds is 27. The van der Waals surface area contributed by atoms with Crippen molar-refractivity contribution in [2.75, 3.05) is 37.9 Å². The van der Waals surface area contributed by atoms with E-state index in [1.165, 1.54) is 116 Å². The first-order valence-corrected chi connectivity index (χ1v) is 18.8. The third-order valence-electron chi connectivity index (χ3n) is 6.33. The van der Waals surface area contributed by atoms with E-state index in [4.69, 9.17) is 14.6 Å². The summed E-state index contributed by atoms with van der Waals surface area (Å²) in [6.45, 7) is 5.48. The maximum Gasteiger partial charge on any atom is 0.328 e. The molecule has 0 aliphatic rings. The molecule has 0 aromatic rings. The molecule has 0 unspecified atom stereocenters. The van der Waals surface area contributed by atoms with Crippen LogP contribution in [0.2, 0.25) is 0 Å². The number of ether oxygens (including phenoxy) is 3. The molecular weight excluding hydrogens is 625 g/mol. The first-order chi connectivity index (χ1) is 20.8. The van der Waals surface area contributed by atoms with Gasteiger partial charge in [-0.3, -0.25) is 9.59 Å². The molecule has 0 amide bonds. The molecule has 258 valence electrons. The van der Waals surface area contributed by atoms with Crippen molar-refractivity contribution in [1.82, 2.24) is 0 Å². The van der Waals surface area contributed by atoms with Gasteiger partial charge in [-0.2, -0.15) is 50.5 Å². The lowest BCUT2D eigenvalue weighted by Crippen LogP contribution is -2.14. The average Bonchev–Trinajstić information content (AvgIpc) is 3.01. The smallest absolute Gasteiger partial charge is 0.328 e. The van der Waals surface area contributed by atoms with Crippen LogP contribution in [0.3, 0.4) is 0 Å². The highest BCUT2D eigenvalue weighted by Crippen LogP contribution is 2.11. The van der Waals surface area contributed by atoms with Crippen molar-refractivity contribution in [3.05, 3.63) is 0 Å². The topological polar surface area (TPSA) is 99.1 Å². The molecule has 0 spiro atoms. The Morgan fingerprint density at radius 3 is 1.07 bits per heavy atom. The zero-order valence-corrected chi connectivity index (χ0v) is 30.7. The Morgan fingerprint density at radius 1 is 0.512 bits per heavy atom. The molecule has 0 aromatic heterocycles. The molecule has 0 aliphatic carbocycles. The SMILES string of the molecule is CCCCCCCCCCCCOC(=O)CS.CCCCCCCCCCCCOC(=O)CS.O=C(OCCO)C(S)S. The second-order valence-corrected chi connectivity index (χ2v) is 12.5. The number of thiol groups is 4. The quantitative estimate of drug-likeness (QED) is 0.0194. The predicted octanol–water partition coefficient (Wildman–Crippen LogP) is 8.47. The summed E-state index contributed by atoms with van der Waals surface area (Å²) >= 11 is 15.0. The van der Waals surface area contributed by atoms with Crippen molar-refractivity contribution in [3.8, 4) is 0 Å². The van der Waals surface area contributed by atoms with Gasteiger partial charge in [0, 0.05) is 0 Å². The molecule has 0 aliphatic heterocycles. The number of carbonyl (C=O) groups is 3. The fourth-order valence-corrected chi connectivity index (χ4v) is 4.19. The second kappa shape index (κ2) is 41.8. The number of hydrogen-bond acceptors (Lipinski definition) is 11. The Morgan fingerprint density at radius 2 is 0.814 bits per heavy atom. The van der Waals surface area contributed by atoms with Crippen LogP contribution in [0.4, 0.5) is 0 Å². The van der Waals surface area contributed by atoms with Gasteiger partial charge in [0.25, 0.3) is 0 Å². The molecule has 0 fully saturated rings. The van der Waals surface area contributed by atoms with Crippen molar-refractivity contribution in [2.45, 2.75) is 147 Å². The zero-order valence-electron chi connectivity index (χ0n) is 27.1. The normalized spacial score (nSPS) is 10.3. The largest absolute Gasteiger partial charge is 0.465 e. The lowest BCUT2D eigenvalue weighted by molar-refractivity contribution is -0.142. The van der Waals surface area contributed by atoms with Gasteiger partial charge in [0.2, 0.25) is 0 Å². The van der Waals surface area contributed by atoms with Gasteiger partial charge >= 0.3 is 17.9 Å². The molecule has 0 bridgehead atoms. The van der Waals surface area contributed by atoms with E-state index in [0.717, 1.165) is 12.8 Å². The lowest BCUT2D eigenvalue weighted by Gasteiger charge is -2.03. The minimum absolute atomic E-state index is 0.0104. The van der Waals surface area contributed by atoms with E-state index in [1.54, 1.807) is 0 Å². The molecule has 0 radical (unpaired) electrons. The van der Waals surface area contributed by atoms with Crippen LogP contribution in [0.15, 0.2) is 0 Å². The molecule has 0 atom stereocenters. The van der Waals surface area contributed by atoms with Gasteiger partial charge in [-0.25, -0.2) is 4.79 Å². The van der Waals surface area contributed by atoms with E-state index in [1.807, 2.05) is 0 Å². The third kappa shape index (κ3) is 46.3. The van der Waals surface area contributed by atoms with Gasteiger partial charge in [-0.05, 0) is 12.8 Å². The van der Waals surface area contributed by atoms with E-state index in [0.29, 0.717) is 13.2 Å². The van der Waals surface area contributed by atoms with Crippen molar-refractivity contribution >= 4 is 68.4 Å². The molecule has 0 rings (SSSR count). The molecule has 0 saturated heterocycles. The highest BCUT2D eigenvalue weighted by Gasteiger charge is 2.08. The molecule has 0 heterocycles. The number of hydrogen-bond donors (Lipinski definition) is 5. The third-order valence-corrected chi connectivity index (χ3v) is 7.26. The Labute approximate surface area is 285 Å². The molecule has 7 nitrogen and oxygen atoms in total. The van der Waals surface area contributed by atoms with Crippen LogP contribution in [0.25, 0.3) is 0 Å². The Bertz CT molecular complexity index is 558. The summed E-state index contributed by atoms with van der Waals surface area (Å²) in [7, 11) is 0. The standard InChI is InChI=1S/2C14H28O2S.C4H8O3S2/c2*1-2-3-4-5-6-7-8-9-10-11-12-16-14(15)13-17;5-1-2-7-3(6)4(8)9/h2*17H,2-13H2,1H3;4-5,8-9H,1-2H2. The average molecular weight is 689 g/mol. The minimum atomic E-state index is -0.712. The van der Waals surface area contributed by atoms with Crippen molar-refractivity contribution < 1.29 is 33.7 Å². The number of unbranched alkanes of at least 4 members (excludes halogenated alkanes) is 18. The fraction of sp³-hybridized carbons (Fsp3) is 0.906. The number of aliphatic hydroxyl groups excluding tert-OH is 1. The molecular formula is C32H64O7S4. The molecule has 43 heavy (non-hydrogen) atoms. The molecule has 0 aromatic carbocycles. The first-order valence-electron chi connectivity index (χ1n) is 16.5. The van der Waals surface area contributed by atoms with Crippen LogP contribution in [-0.4, -0.2) is 65.5 Å². The maximum absolute atomic E-state index is 10.8. The summed E-state index contributed by atoms with van der Waals surface area (Å²) < 4.78 is 13.6. The van der Waals surface area contributed by atoms with Gasteiger partial charge in [0.15, 0.2) is 0 Å². The van der Waals surface area contributed by atoms with E-state index in [2.05, 4.69) is 69.1 Å². The number of aliphatic hydroxyl groups is 1. The van der Waals surface area contributed by atoms with Gasteiger partial charge in [-0.1, -0.05) is 129 Å². The predicted molar refractivity (Wildman–Crippen MR) is 193 cm³/mol. The van der Waals surface area contributed by atoms with Crippen LogP contribution in [0.1, 0.15) is 142 Å². The summed E-state index contributed by atoms with van der Waals surface area (Å²) in [5.74, 6) is -0.556. The van der Waals surface area contributed by atoms with Crippen LogP contribution in [-0.2, 0) is 28.6 Å². The Kier molecular flexibility index (Phi) is 45.8. The second-order valence-electron chi connectivity index (χ2n) is 10.4. The Balaban J connectivity index is -0.000000586. The monoisotopic (exact) mass is 688 g/mol. The molecule has 11 heteroatoms. The van der Waals surface area contributed by atoms with E-state index >= 15 is 0 Å². The summed E-state index contributed by atoms with van der Waals surface area (Å²) in [6.07, 6.45) is 26.0. The van der Waals surface area contributed by atoms with Crippen molar-refractivity contribution in [1.29, 1.82) is 0 Å². The van der Waals surface area contributed by atoms with Gasteiger partial charge in [0.1, 0.15) is 11.2 Å². The fourth-order valence-electron chi connectivity index (χ4n) is 3.86. The van der Waals surface area contributed by atoms with E-state index in [-0.39, 0.29) is 36.7 Å². The maximum atomic E-state index is 10.8.